The predicted octanol–water partition coefficient (Wildman–Crippen LogP) is 5.76. The molecule has 1 aromatic heterocycles. The van der Waals surface area contributed by atoms with Crippen LogP contribution in [-0.4, -0.2) is 195 Å². The summed E-state index contributed by atoms with van der Waals surface area (Å²) in [5, 5.41) is 4.74. The molecule has 96 heavy (non-hydrogen) atoms. The molecule has 3 rings (SSSR count). The number of thioether (sulfide) groups is 5. The lowest BCUT2D eigenvalue weighted by Gasteiger charge is -2.22. The summed E-state index contributed by atoms with van der Waals surface area (Å²) in [5.41, 5.74) is 1.42. The summed E-state index contributed by atoms with van der Waals surface area (Å²) in [5.74, 6) is -7.04. The molecule has 4 N–H and O–H groups in total. The number of carbonyl (C=O) groups excluding carboxylic acids is 20. The maximum atomic E-state index is 12.6. The Bertz CT molecular complexity index is 3160. The highest BCUT2D eigenvalue weighted by atomic mass is 32.2. The van der Waals surface area contributed by atoms with Gasteiger partial charge < -0.3 is 14.1 Å². The van der Waals surface area contributed by atoms with Gasteiger partial charge in [-0.15, -0.1) is 0 Å². The van der Waals surface area contributed by atoms with E-state index in [1.165, 1.54) is 105 Å². The van der Waals surface area contributed by atoms with Gasteiger partial charge in [0.25, 0.3) is 10.5 Å². The largest absolute Gasteiger partial charge is 0.459 e. The molecule has 0 bridgehead atoms. The quantitative estimate of drug-likeness (QED) is 0.0921. The third kappa shape index (κ3) is 45.5. The van der Waals surface area contributed by atoms with Crippen molar-refractivity contribution in [2.45, 2.75) is 94.8 Å². The van der Waals surface area contributed by atoms with Gasteiger partial charge in [0.2, 0.25) is 81.9 Å². The summed E-state index contributed by atoms with van der Waals surface area (Å²) in [6.45, 7) is 16.7. The fourth-order valence-electron chi connectivity index (χ4n) is 5.66. The van der Waals surface area contributed by atoms with E-state index < -0.39 is 74.6 Å². The van der Waals surface area contributed by atoms with E-state index in [0.717, 1.165) is 70.7 Å². The molecule has 0 saturated heterocycles. The number of amides is 16. The number of hydrogen-bond acceptors (Lipinski definition) is 28. The zero-order chi connectivity index (χ0) is 74.4. The van der Waals surface area contributed by atoms with Crippen LogP contribution in [0.25, 0.3) is 0 Å². The molecule has 1 unspecified atom stereocenters. The number of nitrogens with one attached hydrogen (secondary N) is 4. The Morgan fingerprint density at radius 2 is 0.938 bits per heavy atom. The van der Waals surface area contributed by atoms with E-state index in [1.807, 2.05) is 76.6 Å². The Kier molecular flexibility index (Phi) is 49.1. The van der Waals surface area contributed by atoms with Gasteiger partial charge >= 0.3 is 11.2 Å². The summed E-state index contributed by atoms with van der Waals surface area (Å²) < 4.78 is 10.1. The first kappa shape index (κ1) is 91.4. The van der Waals surface area contributed by atoms with Crippen LogP contribution in [0.3, 0.4) is 0 Å². The van der Waals surface area contributed by atoms with Gasteiger partial charge in [0.05, 0.1) is 35.9 Å². The van der Waals surface area contributed by atoms with Crippen LogP contribution < -0.4 is 26.2 Å². The first-order valence-corrected chi connectivity index (χ1v) is 33.2. The maximum absolute atomic E-state index is 12.6. The number of rotatable bonds is 17. The number of ether oxygens (including phenoxy) is 1. The SMILES string of the molecule is CC(=O)NC(=O)C(CC(=O)SN(C(C)=O)C(=O)c1ccco1)SC(=O)N(C)C.CC(=O)NC(=O)CSC(=O)N(c1ccccc1)c1ccccc1.CC(=O)NC(C)=O.CC(=O)SCC(=O)N(C)C(C)=O.CCN(C(C)=O)C(=O)CSC(C)=O.CCOC(=O)SCC(=O)NC(C)=O. The van der Waals surface area contributed by atoms with E-state index in [9.17, 15) is 95.9 Å². The topological polar surface area (TPSA) is 428 Å². The fourth-order valence-corrected chi connectivity index (χ4v) is 9.56. The van der Waals surface area contributed by atoms with Gasteiger partial charge in [0.15, 0.2) is 16.0 Å². The highest BCUT2D eigenvalue weighted by molar-refractivity contribution is 8.15. The molecule has 2 aromatic carbocycles. The first-order chi connectivity index (χ1) is 44.7. The molecule has 16 amide bonds. The normalized spacial score (nSPS) is 9.91. The second-order valence-electron chi connectivity index (χ2n) is 18.2. The lowest BCUT2D eigenvalue weighted by Crippen LogP contribution is -2.38. The van der Waals surface area contributed by atoms with Gasteiger partial charge in [-0.25, -0.2) is 9.10 Å². The first-order valence-electron chi connectivity index (χ1n) is 27.6. The lowest BCUT2D eigenvalue weighted by atomic mass is 10.2. The van der Waals surface area contributed by atoms with E-state index in [4.69, 9.17) is 4.42 Å². The van der Waals surface area contributed by atoms with Gasteiger partial charge in [-0.05, 0) is 62.0 Å². The molecular weight excluding hydrogens is 1380 g/mol. The van der Waals surface area contributed by atoms with Crippen LogP contribution in [-0.2, 0) is 81.4 Å². The van der Waals surface area contributed by atoms with Gasteiger partial charge in [0.1, 0.15) is 5.25 Å². The van der Waals surface area contributed by atoms with Crippen LogP contribution in [0.5, 0.6) is 0 Å². The molecule has 0 aliphatic carbocycles. The molecule has 0 aliphatic rings. The van der Waals surface area contributed by atoms with Crippen LogP contribution in [0.1, 0.15) is 100 Å². The highest BCUT2D eigenvalue weighted by Crippen LogP contribution is 2.29. The summed E-state index contributed by atoms with van der Waals surface area (Å²) in [6.07, 6.45) is 0.743. The molecule has 3 aromatic rings. The van der Waals surface area contributed by atoms with Crippen molar-refractivity contribution in [3.05, 3.63) is 84.8 Å². The van der Waals surface area contributed by atoms with Crippen LogP contribution >= 0.6 is 70.8 Å². The third-order valence-electron chi connectivity index (χ3n) is 9.69. The molecule has 0 spiro atoms. The third-order valence-corrected chi connectivity index (χ3v) is 15.1. The number of imide groups is 7. The molecule has 0 aliphatic heterocycles. The number of furan rings is 1. The standard InChI is InChI=1S/C17H16N2O3S.C16H19N3O7S2.C8H13NO3S.C7H11NO4S.C7H11NO3S.C4H7NO2/c1-13(20)18-16(21)12-23-17(22)19(14-8-4-2-5-9-14)15-10-6-3-7-11-15;1-9(20)17-14(23)12(27-16(25)18(3)4)8-13(22)28-19(10(2)21)15(24)11-6-5-7-26-11;1-4-9(6(2)10)8(12)5-13-7(3)11;1-3-12-7(11)13-4-6(10)8-5(2)9;1-5(9)8(3)7(11)4-12-6(2)10;1-3(6)5-4(2)7/h2-11H,12H2,1H3,(H,18,20,21);5-7,12H,8H2,1-4H3,(H,17,20,23);4-5H2,1-3H3;3-4H2,1-2H3,(H,8,9,10);4H2,1-3H3;1-2H3,(H,5,6,7). The molecule has 0 radical (unpaired) electrons. The molecule has 0 fully saturated rings. The van der Waals surface area contributed by atoms with Gasteiger partial charge in [-0.2, -0.15) is 0 Å². The monoisotopic (exact) mass is 1460 g/mol. The summed E-state index contributed by atoms with van der Waals surface area (Å²) in [4.78, 5) is 228. The Morgan fingerprint density at radius 3 is 1.29 bits per heavy atom. The average Bonchev–Trinajstić information content (AvgIpc) is 0.910. The van der Waals surface area contributed by atoms with E-state index in [-0.39, 0.29) is 86.3 Å². The van der Waals surface area contributed by atoms with E-state index in [2.05, 4.69) is 10.1 Å². The smallest absolute Gasteiger partial charge is 0.367 e. The lowest BCUT2D eigenvalue weighted by molar-refractivity contribution is -0.142. The average molecular weight is 1460 g/mol. The highest BCUT2D eigenvalue weighted by Gasteiger charge is 2.32. The minimum Gasteiger partial charge on any atom is -0.459 e. The number of benzene rings is 2. The van der Waals surface area contributed by atoms with Crippen molar-refractivity contribution in [3.63, 3.8) is 0 Å². The zero-order valence-electron chi connectivity index (χ0n) is 55.2. The summed E-state index contributed by atoms with van der Waals surface area (Å²) in [7, 11) is 4.32. The minimum atomic E-state index is -1.22. The minimum absolute atomic E-state index is 0.0331. The van der Waals surface area contributed by atoms with Crippen LogP contribution in [0.15, 0.2) is 83.5 Å². The van der Waals surface area contributed by atoms with E-state index in [1.54, 1.807) is 13.8 Å². The molecule has 1 heterocycles. The van der Waals surface area contributed by atoms with E-state index in [0.29, 0.717) is 45.9 Å². The van der Waals surface area contributed by atoms with Crippen molar-refractivity contribution in [1.29, 1.82) is 0 Å². The predicted molar refractivity (Wildman–Crippen MR) is 364 cm³/mol. The second-order valence-corrected chi connectivity index (χ2v) is 24.5. The van der Waals surface area contributed by atoms with Gasteiger partial charge in [0, 0.05) is 127 Å². The number of carbonyl (C=O) groups is 20. The van der Waals surface area contributed by atoms with Crippen molar-refractivity contribution in [1.82, 2.24) is 40.3 Å². The molecule has 1 atom stereocenters. The second kappa shape index (κ2) is 51.5. The Balaban J connectivity index is -0.00000114. The number of hydrogen-bond donors (Lipinski definition) is 4. The number of anilines is 2. The molecule has 0 saturated carbocycles. The molecule has 31 nitrogen and oxygen atoms in total. The van der Waals surface area contributed by atoms with Crippen molar-refractivity contribution < 1.29 is 105 Å². The zero-order valence-corrected chi connectivity index (χ0v) is 60.1. The summed E-state index contributed by atoms with van der Waals surface area (Å²) in [6, 6.07) is 21.1. The maximum Gasteiger partial charge on any atom is 0.367 e. The van der Waals surface area contributed by atoms with Crippen molar-refractivity contribution in [2.24, 2.45) is 0 Å². The molecular formula is C59H77N9O22S6. The Hall–Kier alpha value is -8.78. The van der Waals surface area contributed by atoms with Gasteiger partial charge in [-0.1, -0.05) is 83.4 Å². The Labute approximate surface area is 579 Å². The van der Waals surface area contributed by atoms with Crippen molar-refractivity contribution in [2.75, 3.05) is 62.2 Å². The van der Waals surface area contributed by atoms with Crippen molar-refractivity contribution >= 4 is 196 Å². The number of nitrogens with zero attached hydrogens (tertiary/aromatic N) is 5. The van der Waals surface area contributed by atoms with Crippen molar-refractivity contribution in [3.8, 4) is 0 Å². The van der Waals surface area contributed by atoms with Crippen LogP contribution in [0.4, 0.5) is 25.8 Å². The van der Waals surface area contributed by atoms with Crippen LogP contribution in [0, 0.1) is 0 Å². The number of para-hydroxylation sites is 2. The van der Waals surface area contributed by atoms with Crippen LogP contribution in [0.2, 0.25) is 0 Å². The van der Waals surface area contributed by atoms with Gasteiger partial charge in [-0.3, -0.25) is 127 Å². The fraction of sp³-hybridized carbons (Fsp3) is 0.390. The van der Waals surface area contributed by atoms with E-state index >= 15 is 0 Å². The molecule has 526 valence electrons. The molecule has 37 heteroatoms. The summed E-state index contributed by atoms with van der Waals surface area (Å²) >= 11 is 4.24. The Morgan fingerprint density at radius 1 is 0.490 bits per heavy atom.